The Bertz CT molecular complexity index is 513. The van der Waals surface area contributed by atoms with Gasteiger partial charge in [-0.15, -0.1) is 0 Å². The van der Waals surface area contributed by atoms with Crippen LogP contribution < -0.4 is 5.73 Å². The summed E-state index contributed by atoms with van der Waals surface area (Å²) in [7, 11) is 0. The van der Waals surface area contributed by atoms with E-state index in [4.69, 9.17) is 5.73 Å². The fourth-order valence-electron chi connectivity index (χ4n) is 2.41. The molecule has 1 heterocycles. The number of rotatable bonds is 3. The van der Waals surface area contributed by atoms with Crippen LogP contribution in [0.2, 0.25) is 0 Å². The number of anilines is 1. The van der Waals surface area contributed by atoms with Crippen LogP contribution in [0.1, 0.15) is 37.5 Å². The van der Waals surface area contributed by atoms with Crippen LogP contribution in [0.5, 0.6) is 0 Å². The number of hydrogen-bond donors (Lipinski definition) is 2. The summed E-state index contributed by atoms with van der Waals surface area (Å²) in [6.45, 7) is 6.37. The molecule has 0 bridgehead atoms. The van der Waals surface area contributed by atoms with E-state index >= 15 is 0 Å². The van der Waals surface area contributed by atoms with Gasteiger partial charge in [-0.25, -0.2) is 0 Å². The van der Waals surface area contributed by atoms with Crippen molar-refractivity contribution < 1.29 is 0 Å². The first kappa shape index (κ1) is 10.9. The second-order valence-corrected chi connectivity index (χ2v) is 3.93. The zero-order chi connectivity index (χ0) is 11.7. The Hall–Kier alpha value is -1.58. The molecule has 2 aromatic rings. The van der Waals surface area contributed by atoms with Gasteiger partial charge in [0.25, 0.3) is 0 Å². The Labute approximate surface area is 95.2 Å². The number of benzene rings is 1. The zero-order valence-corrected chi connectivity index (χ0v) is 10.1. The van der Waals surface area contributed by atoms with E-state index in [-0.39, 0.29) is 0 Å². The summed E-state index contributed by atoms with van der Waals surface area (Å²) in [5, 5.41) is 11.2. The molecule has 86 valence electrons. The Kier molecular flexibility index (Phi) is 2.81. The van der Waals surface area contributed by atoms with Crippen LogP contribution in [0.4, 0.5) is 5.69 Å². The first-order valence-electron chi connectivity index (χ1n) is 5.87. The average molecular weight is 218 g/mol. The van der Waals surface area contributed by atoms with Crippen LogP contribution in [-0.2, 0) is 19.3 Å². The van der Waals surface area contributed by atoms with Gasteiger partial charge < -0.3 is 5.73 Å². The van der Waals surface area contributed by atoms with Gasteiger partial charge in [-0.3, -0.25) is 0 Å². The lowest BCUT2D eigenvalue weighted by atomic mass is 9.94. The molecule has 0 unspecified atom stereocenters. The maximum Gasteiger partial charge on any atom is 0.118 e. The highest BCUT2D eigenvalue weighted by Gasteiger charge is 2.17. The number of nitrogen functional groups attached to an aromatic ring is 1. The van der Waals surface area contributed by atoms with Gasteiger partial charge in [0, 0.05) is 11.3 Å². The van der Waals surface area contributed by atoms with Crippen molar-refractivity contribution in [3.63, 3.8) is 0 Å². The number of fused-ring (bicyclic) bond motifs is 1. The fraction of sp³-hybridized carbons (Fsp3) is 0.500. The van der Waals surface area contributed by atoms with E-state index in [9.17, 15) is 0 Å². The summed E-state index contributed by atoms with van der Waals surface area (Å²) in [4.78, 5) is 0. The second-order valence-electron chi connectivity index (χ2n) is 3.93. The minimum absolute atomic E-state index is 0.895. The number of aromatic amines is 1. The molecule has 4 nitrogen and oxygen atoms in total. The summed E-state index contributed by atoms with van der Waals surface area (Å²) in [5.74, 6) is 0. The Morgan fingerprint density at radius 2 is 1.38 bits per heavy atom. The standard InChI is InChI=1S/C12H18N4/c1-4-7-8(5-2)11-12(15-16-14-11)9(6-3)10(7)13/h4-6,13H2,1-3H3,(H,14,15,16). The molecule has 2 rings (SSSR count). The van der Waals surface area contributed by atoms with Crippen molar-refractivity contribution in [2.45, 2.75) is 40.0 Å². The molecule has 0 aliphatic heterocycles. The Morgan fingerprint density at radius 3 is 1.88 bits per heavy atom. The molecule has 0 aliphatic rings. The topological polar surface area (TPSA) is 67.6 Å². The molecule has 3 N–H and O–H groups in total. The summed E-state index contributed by atoms with van der Waals surface area (Å²) < 4.78 is 0. The predicted molar refractivity (Wildman–Crippen MR) is 66.4 cm³/mol. The first-order valence-corrected chi connectivity index (χ1v) is 5.87. The normalized spacial score (nSPS) is 11.2. The predicted octanol–water partition coefficient (Wildman–Crippen LogP) is 2.23. The lowest BCUT2D eigenvalue weighted by molar-refractivity contribution is 0.952. The number of aromatic nitrogens is 3. The van der Waals surface area contributed by atoms with Crippen LogP contribution in [-0.4, -0.2) is 15.4 Å². The van der Waals surface area contributed by atoms with Crippen LogP contribution >= 0.6 is 0 Å². The first-order chi connectivity index (χ1) is 7.74. The largest absolute Gasteiger partial charge is 0.398 e. The van der Waals surface area contributed by atoms with Crippen LogP contribution in [0, 0.1) is 0 Å². The maximum absolute atomic E-state index is 6.22. The second kappa shape index (κ2) is 4.12. The van der Waals surface area contributed by atoms with Gasteiger partial charge in [0.2, 0.25) is 0 Å². The molecule has 0 amide bonds. The molecule has 0 radical (unpaired) electrons. The molecule has 16 heavy (non-hydrogen) atoms. The molecule has 4 heteroatoms. The smallest absolute Gasteiger partial charge is 0.118 e. The quantitative estimate of drug-likeness (QED) is 0.776. The van der Waals surface area contributed by atoms with Gasteiger partial charge in [-0.1, -0.05) is 20.8 Å². The van der Waals surface area contributed by atoms with Crippen LogP contribution in [0.3, 0.4) is 0 Å². The minimum Gasteiger partial charge on any atom is -0.398 e. The van der Waals surface area contributed by atoms with Crippen molar-refractivity contribution in [3.8, 4) is 0 Å². The van der Waals surface area contributed by atoms with Gasteiger partial charge in [0.1, 0.15) is 11.0 Å². The van der Waals surface area contributed by atoms with E-state index in [1.54, 1.807) is 0 Å². The molecule has 0 atom stereocenters. The number of hydrogen-bond acceptors (Lipinski definition) is 3. The van der Waals surface area contributed by atoms with Crippen LogP contribution in [0.25, 0.3) is 11.0 Å². The number of nitrogens with zero attached hydrogens (tertiary/aromatic N) is 2. The number of aryl methyl sites for hydroxylation is 2. The summed E-state index contributed by atoms with van der Waals surface area (Å²) in [6, 6.07) is 0. The van der Waals surface area contributed by atoms with Gasteiger partial charge in [0.05, 0.1) is 0 Å². The monoisotopic (exact) mass is 218 g/mol. The minimum atomic E-state index is 0.895. The van der Waals surface area contributed by atoms with Gasteiger partial charge >= 0.3 is 0 Å². The highest BCUT2D eigenvalue weighted by molar-refractivity contribution is 5.88. The molecule has 0 saturated carbocycles. The molecule has 0 spiro atoms. The lowest BCUT2D eigenvalue weighted by Gasteiger charge is -2.13. The van der Waals surface area contributed by atoms with Crippen molar-refractivity contribution in [1.82, 2.24) is 15.4 Å². The highest BCUT2D eigenvalue weighted by atomic mass is 15.3. The van der Waals surface area contributed by atoms with E-state index < -0.39 is 0 Å². The van der Waals surface area contributed by atoms with E-state index in [2.05, 4.69) is 36.2 Å². The number of nitrogens with one attached hydrogen (secondary N) is 1. The summed E-state index contributed by atoms with van der Waals surface area (Å²) >= 11 is 0. The number of nitrogens with two attached hydrogens (primary N) is 1. The third-order valence-corrected chi connectivity index (χ3v) is 3.19. The van der Waals surface area contributed by atoms with Gasteiger partial charge in [-0.05, 0) is 30.4 Å². The molecule has 1 aromatic carbocycles. The fourth-order valence-corrected chi connectivity index (χ4v) is 2.41. The third kappa shape index (κ3) is 1.37. The van der Waals surface area contributed by atoms with Crippen molar-refractivity contribution in [2.75, 3.05) is 5.73 Å². The molecule has 0 aliphatic carbocycles. The van der Waals surface area contributed by atoms with E-state index in [1.165, 1.54) is 11.1 Å². The third-order valence-electron chi connectivity index (χ3n) is 3.19. The molecular formula is C12H18N4. The lowest BCUT2D eigenvalue weighted by Crippen LogP contribution is -2.04. The molecule has 0 saturated heterocycles. The summed E-state index contributed by atoms with van der Waals surface area (Å²) in [5.41, 5.74) is 12.7. The maximum atomic E-state index is 6.22. The molecule has 1 aromatic heterocycles. The van der Waals surface area contributed by atoms with Crippen molar-refractivity contribution >= 4 is 16.7 Å². The Morgan fingerprint density at radius 1 is 0.875 bits per heavy atom. The van der Waals surface area contributed by atoms with Gasteiger partial charge in [-0.2, -0.15) is 15.4 Å². The highest BCUT2D eigenvalue weighted by Crippen LogP contribution is 2.31. The Balaban J connectivity index is 2.89. The van der Waals surface area contributed by atoms with E-state index in [0.717, 1.165) is 41.5 Å². The van der Waals surface area contributed by atoms with Crippen molar-refractivity contribution in [3.05, 3.63) is 16.7 Å². The number of H-pyrrole nitrogens is 1. The van der Waals surface area contributed by atoms with Crippen molar-refractivity contribution in [2.24, 2.45) is 0 Å². The summed E-state index contributed by atoms with van der Waals surface area (Å²) in [6.07, 6.45) is 2.79. The van der Waals surface area contributed by atoms with Crippen molar-refractivity contribution in [1.29, 1.82) is 0 Å². The average Bonchev–Trinajstić information content (AvgIpc) is 2.76. The van der Waals surface area contributed by atoms with Gasteiger partial charge in [0.15, 0.2) is 0 Å². The SMILES string of the molecule is CCc1c(N)c(CC)c2n[nH]nc2c1CC. The molecule has 0 fully saturated rings. The molecular weight excluding hydrogens is 200 g/mol. The van der Waals surface area contributed by atoms with E-state index in [0.29, 0.717) is 0 Å². The zero-order valence-electron chi connectivity index (χ0n) is 10.1. The van der Waals surface area contributed by atoms with Crippen LogP contribution in [0.15, 0.2) is 0 Å². The van der Waals surface area contributed by atoms with E-state index in [1.807, 2.05) is 0 Å².